The first-order valence-corrected chi connectivity index (χ1v) is 6.89. The molecular formula is C17H21NO3. The van der Waals surface area contributed by atoms with Gasteiger partial charge in [0.25, 0.3) is 0 Å². The molecule has 4 heteroatoms. The Bertz CT molecular complexity index is 557. The van der Waals surface area contributed by atoms with Gasteiger partial charge in [-0.2, -0.15) is 0 Å². The van der Waals surface area contributed by atoms with Gasteiger partial charge in [-0.3, -0.25) is 0 Å². The van der Waals surface area contributed by atoms with Gasteiger partial charge in [-0.1, -0.05) is 30.3 Å². The van der Waals surface area contributed by atoms with Crippen molar-refractivity contribution in [3.8, 4) is 11.5 Å². The minimum absolute atomic E-state index is 0.477. The van der Waals surface area contributed by atoms with Crippen molar-refractivity contribution in [1.82, 2.24) is 5.32 Å². The molecule has 21 heavy (non-hydrogen) atoms. The summed E-state index contributed by atoms with van der Waals surface area (Å²) in [5, 5.41) is 13.3. The van der Waals surface area contributed by atoms with Gasteiger partial charge in [0.15, 0.2) is 0 Å². The van der Waals surface area contributed by atoms with Gasteiger partial charge in [-0.15, -0.1) is 0 Å². The van der Waals surface area contributed by atoms with Crippen LogP contribution in [-0.4, -0.2) is 25.9 Å². The number of hydrogen-bond acceptors (Lipinski definition) is 4. The Hall–Kier alpha value is -2.04. The van der Waals surface area contributed by atoms with Crippen molar-refractivity contribution in [3.63, 3.8) is 0 Å². The fourth-order valence-electron chi connectivity index (χ4n) is 2.16. The van der Waals surface area contributed by atoms with Crippen molar-refractivity contribution in [3.05, 3.63) is 59.7 Å². The summed E-state index contributed by atoms with van der Waals surface area (Å²) >= 11 is 0. The van der Waals surface area contributed by atoms with Crippen molar-refractivity contribution in [2.24, 2.45) is 0 Å². The van der Waals surface area contributed by atoms with Crippen LogP contribution in [-0.2, 0) is 6.54 Å². The van der Waals surface area contributed by atoms with Crippen LogP contribution in [0.2, 0.25) is 0 Å². The molecule has 0 heterocycles. The molecule has 0 aliphatic heterocycles. The van der Waals surface area contributed by atoms with E-state index >= 15 is 0 Å². The maximum atomic E-state index is 10.1. The number of benzene rings is 2. The summed E-state index contributed by atoms with van der Waals surface area (Å²) in [6.45, 7) is 1.08. The SMILES string of the molecule is COc1ccc(OC)c(CNCC(O)c2ccccc2)c1. The average molecular weight is 287 g/mol. The second-order valence-electron chi connectivity index (χ2n) is 4.74. The Morgan fingerprint density at radius 3 is 2.48 bits per heavy atom. The van der Waals surface area contributed by atoms with E-state index in [1.54, 1.807) is 14.2 Å². The van der Waals surface area contributed by atoms with Gasteiger partial charge < -0.3 is 19.9 Å². The first-order chi connectivity index (χ1) is 10.2. The lowest BCUT2D eigenvalue weighted by Crippen LogP contribution is -2.21. The van der Waals surface area contributed by atoms with E-state index in [-0.39, 0.29) is 0 Å². The van der Waals surface area contributed by atoms with Crippen molar-refractivity contribution in [2.45, 2.75) is 12.6 Å². The van der Waals surface area contributed by atoms with Gasteiger partial charge in [0.2, 0.25) is 0 Å². The van der Waals surface area contributed by atoms with Crippen LogP contribution in [0.4, 0.5) is 0 Å². The van der Waals surface area contributed by atoms with Crippen LogP contribution in [0.15, 0.2) is 48.5 Å². The van der Waals surface area contributed by atoms with Crippen molar-refractivity contribution in [1.29, 1.82) is 0 Å². The fourth-order valence-corrected chi connectivity index (χ4v) is 2.16. The molecule has 0 saturated carbocycles. The molecule has 0 aliphatic rings. The predicted molar refractivity (Wildman–Crippen MR) is 82.7 cm³/mol. The number of methoxy groups -OCH3 is 2. The number of hydrogen-bond donors (Lipinski definition) is 2. The zero-order valence-corrected chi connectivity index (χ0v) is 12.4. The van der Waals surface area contributed by atoms with Gasteiger partial charge >= 0.3 is 0 Å². The largest absolute Gasteiger partial charge is 0.497 e. The van der Waals surface area contributed by atoms with E-state index < -0.39 is 6.10 Å². The summed E-state index contributed by atoms with van der Waals surface area (Å²) < 4.78 is 10.5. The summed E-state index contributed by atoms with van der Waals surface area (Å²) in [6.07, 6.45) is -0.525. The maximum absolute atomic E-state index is 10.1. The average Bonchev–Trinajstić information content (AvgIpc) is 2.55. The minimum atomic E-state index is -0.525. The van der Waals surface area contributed by atoms with Crippen molar-refractivity contribution in [2.75, 3.05) is 20.8 Å². The van der Waals surface area contributed by atoms with Crippen molar-refractivity contribution >= 4 is 0 Å². The third-order valence-corrected chi connectivity index (χ3v) is 3.33. The Labute approximate surface area is 125 Å². The zero-order chi connectivity index (χ0) is 15.1. The van der Waals surface area contributed by atoms with Gasteiger partial charge in [0, 0.05) is 18.7 Å². The van der Waals surface area contributed by atoms with Crippen LogP contribution in [0.1, 0.15) is 17.2 Å². The van der Waals surface area contributed by atoms with Crippen molar-refractivity contribution < 1.29 is 14.6 Å². The Kier molecular flexibility index (Phi) is 5.60. The third-order valence-electron chi connectivity index (χ3n) is 3.33. The van der Waals surface area contributed by atoms with Crippen LogP contribution in [0, 0.1) is 0 Å². The van der Waals surface area contributed by atoms with Crippen LogP contribution in [0.5, 0.6) is 11.5 Å². The molecule has 2 N–H and O–H groups in total. The number of nitrogens with one attached hydrogen (secondary N) is 1. The van der Waals surface area contributed by atoms with E-state index in [1.807, 2.05) is 48.5 Å². The third kappa shape index (κ3) is 4.21. The topological polar surface area (TPSA) is 50.7 Å². The van der Waals surface area contributed by atoms with E-state index in [0.29, 0.717) is 13.1 Å². The molecule has 0 saturated heterocycles. The minimum Gasteiger partial charge on any atom is -0.497 e. The Balaban J connectivity index is 1.94. The fraction of sp³-hybridized carbons (Fsp3) is 0.294. The van der Waals surface area contributed by atoms with Gasteiger partial charge in [-0.05, 0) is 23.8 Å². The second kappa shape index (κ2) is 7.67. The first kappa shape index (κ1) is 15.4. The lowest BCUT2D eigenvalue weighted by molar-refractivity contribution is 0.174. The second-order valence-corrected chi connectivity index (χ2v) is 4.74. The molecular weight excluding hydrogens is 266 g/mol. The van der Waals surface area contributed by atoms with Crippen LogP contribution < -0.4 is 14.8 Å². The molecule has 0 aliphatic carbocycles. The highest BCUT2D eigenvalue weighted by Gasteiger charge is 2.08. The molecule has 2 rings (SSSR count). The highest BCUT2D eigenvalue weighted by molar-refractivity contribution is 5.40. The van der Waals surface area contributed by atoms with Crippen LogP contribution >= 0.6 is 0 Å². The number of ether oxygens (including phenoxy) is 2. The molecule has 0 amide bonds. The maximum Gasteiger partial charge on any atom is 0.123 e. The van der Waals surface area contributed by atoms with E-state index in [4.69, 9.17) is 9.47 Å². The van der Waals surface area contributed by atoms with E-state index in [9.17, 15) is 5.11 Å². The number of rotatable bonds is 7. The molecule has 2 aromatic rings. The quantitative estimate of drug-likeness (QED) is 0.821. The lowest BCUT2D eigenvalue weighted by atomic mass is 10.1. The molecule has 0 bridgehead atoms. The predicted octanol–water partition coefficient (Wildman–Crippen LogP) is 2.53. The first-order valence-electron chi connectivity index (χ1n) is 6.89. The van der Waals surface area contributed by atoms with Crippen LogP contribution in [0.25, 0.3) is 0 Å². The van der Waals surface area contributed by atoms with Crippen LogP contribution in [0.3, 0.4) is 0 Å². The molecule has 0 fully saturated rings. The zero-order valence-electron chi connectivity index (χ0n) is 12.4. The summed E-state index contributed by atoms with van der Waals surface area (Å²) in [5.41, 5.74) is 1.90. The molecule has 0 spiro atoms. The smallest absolute Gasteiger partial charge is 0.123 e. The van der Waals surface area contributed by atoms with E-state index in [0.717, 1.165) is 22.6 Å². The van der Waals surface area contributed by atoms with E-state index in [1.165, 1.54) is 0 Å². The lowest BCUT2D eigenvalue weighted by Gasteiger charge is -2.14. The summed E-state index contributed by atoms with van der Waals surface area (Å²) in [7, 11) is 3.28. The summed E-state index contributed by atoms with van der Waals surface area (Å²) in [6, 6.07) is 15.3. The molecule has 1 atom stereocenters. The Morgan fingerprint density at radius 2 is 1.81 bits per heavy atom. The van der Waals surface area contributed by atoms with Gasteiger partial charge in [0.05, 0.1) is 20.3 Å². The molecule has 0 radical (unpaired) electrons. The standard InChI is InChI=1S/C17H21NO3/c1-20-15-8-9-17(21-2)14(10-15)11-18-12-16(19)13-6-4-3-5-7-13/h3-10,16,18-19H,11-12H2,1-2H3. The molecule has 4 nitrogen and oxygen atoms in total. The molecule has 1 unspecified atom stereocenters. The highest BCUT2D eigenvalue weighted by Crippen LogP contribution is 2.23. The normalized spacial score (nSPS) is 12.0. The van der Waals surface area contributed by atoms with Gasteiger partial charge in [-0.25, -0.2) is 0 Å². The Morgan fingerprint density at radius 1 is 1.05 bits per heavy atom. The number of aliphatic hydroxyl groups is 1. The summed E-state index contributed by atoms with van der Waals surface area (Å²) in [4.78, 5) is 0. The van der Waals surface area contributed by atoms with E-state index in [2.05, 4.69) is 5.32 Å². The molecule has 0 aromatic heterocycles. The summed E-state index contributed by atoms with van der Waals surface area (Å²) in [5.74, 6) is 1.59. The number of aliphatic hydroxyl groups excluding tert-OH is 1. The van der Waals surface area contributed by atoms with Gasteiger partial charge in [0.1, 0.15) is 11.5 Å². The monoisotopic (exact) mass is 287 g/mol. The molecule has 112 valence electrons. The highest BCUT2D eigenvalue weighted by atomic mass is 16.5. The molecule has 2 aromatic carbocycles.